The van der Waals surface area contributed by atoms with E-state index in [1.54, 1.807) is 0 Å². The number of benzene rings is 4. The van der Waals surface area contributed by atoms with Crippen LogP contribution in [0.3, 0.4) is 0 Å². The van der Waals surface area contributed by atoms with Gasteiger partial charge in [-0.2, -0.15) is 0 Å². The maximum Gasteiger partial charge on any atom is 0.0632 e. The quantitative estimate of drug-likeness (QED) is 0.319. The summed E-state index contributed by atoms with van der Waals surface area (Å²) < 4.78 is 0. The van der Waals surface area contributed by atoms with Crippen molar-refractivity contribution in [2.75, 3.05) is 4.90 Å². The third kappa shape index (κ3) is 4.61. The van der Waals surface area contributed by atoms with Crippen LogP contribution in [-0.2, 0) is 6.42 Å². The molecule has 0 unspecified atom stereocenters. The molecule has 0 aliphatic carbocycles. The van der Waals surface area contributed by atoms with E-state index < -0.39 is 0 Å². The smallest absolute Gasteiger partial charge is 0.0632 e. The lowest BCUT2D eigenvalue weighted by Gasteiger charge is -2.25. The first-order valence-electron chi connectivity index (χ1n) is 9.97. The number of anilines is 3. The number of nitrogens with zero attached hydrogens (tertiary/aromatic N) is 2. The summed E-state index contributed by atoms with van der Waals surface area (Å²) in [5.74, 6) is 0. The summed E-state index contributed by atoms with van der Waals surface area (Å²) in [4.78, 5) is 6.89. The van der Waals surface area contributed by atoms with Crippen molar-refractivity contribution in [1.29, 1.82) is 0 Å². The molecule has 142 valence electrons. The van der Waals surface area contributed by atoms with Crippen molar-refractivity contribution in [3.63, 3.8) is 0 Å². The zero-order chi connectivity index (χ0) is 19.9. The fourth-order valence-electron chi connectivity index (χ4n) is 3.32. The minimum atomic E-state index is 0.989. The van der Waals surface area contributed by atoms with Crippen LogP contribution in [0.2, 0.25) is 0 Å². The molecule has 0 aromatic heterocycles. The van der Waals surface area contributed by atoms with Crippen molar-refractivity contribution in [2.24, 2.45) is 4.99 Å². The van der Waals surface area contributed by atoms with Crippen LogP contribution in [0, 0.1) is 0 Å². The fraction of sp³-hybridized carbons (Fsp3) is 0.0741. The molecule has 0 aliphatic rings. The Morgan fingerprint density at radius 1 is 0.655 bits per heavy atom. The Morgan fingerprint density at radius 3 is 1.83 bits per heavy atom. The van der Waals surface area contributed by atoms with Gasteiger partial charge in [-0.3, -0.25) is 4.99 Å². The first-order chi connectivity index (χ1) is 14.3. The van der Waals surface area contributed by atoms with Gasteiger partial charge in [-0.15, -0.1) is 0 Å². The Morgan fingerprint density at radius 2 is 1.24 bits per heavy atom. The van der Waals surface area contributed by atoms with E-state index in [2.05, 4.69) is 108 Å². The van der Waals surface area contributed by atoms with Crippen LogP contribution >= 0.6 is 0 Å². The van der Waals surface area contributed by atoms with Crippen molar-refractivity contribution in [1.82, 2.24) is 0 Å². The zero-order valence-corrected chi connectivity index (χ0v) is 16.6. The summed E-state index contributed by atoms with van der Waals surface area (Å²) in [6.07, 6.45) is 2.95. The standard InChI is InChI=1S/C27H24N2/c1-2-22-10-9-11-24(20-22)28-21-23-16-18-27(19-17-23)29(25-12-5-3-6-13-25)26-14-7-4-8-15-26/h3-21H,2H2,1H3. The Bertz CT molecular complexity index is 1030. The van der Waals surface area contributed by atoms with Gasteiger partial charge in [0, 0.05) is 23.3 Å². The summed E-state index contributed by atoms with van der Waals surface area (Å²) in [5.41, 5.74) is 6.76. The van der Waals surface area contributed by atoms with Crippen LogP contribution in [0.4, 0.5) is 22.7 Å². The molecule has 0 atom stereocenters. The van der Waals surface area contributed by atoms with Gasteiger partial charge >= 0.3 is 0 Å². The van der Waals surface area contributed by atoms with Gasteiger partial charge in [-0.25, -0.2) is 0 Å². The van der Waals surface area contributed by atoms with Gasteiger partial charge < -0.3 is 4.90 Å². The Labute approximate surface area is 172 Å². The molecule has 0 bridgehead atoms. The van der Waals surface area contributed by atoms with Crippen molar-refractivity contribution in [3.05, 3.63) is 120 Å². The van der Waals surface area contributed by atoms with Crippen LogP contribution in [0.1, 0.15) is 18.1 Å². The summed E-state index contributed by atoms with van der Waals surface area (Å²) >= 11 is 0. The molecule has 0 spiro atoms. The predicted molar refractivity (Wildman–Crippen MR) is 124 cm³/mol. The van der Waals surface area contributed by atoms with E-state index in [1.165, 1.54) is 5.56 Å². The molecule has 0 fully saturated rings. The molecule has 0 saturated heterocycles. The average Bonchev–Trinajstić information content (AvgIpc) is 2.80. The molecular formula is C27H24N2. The molecule has 0 saturated carbocycles. The van der Waals surface area contributed by atoms with E-state index in [-0.39, 0.29) is 0 Å². The van der Waals surface area contributed by atoms with Gasteiger partial charge in [0.1, 0.15) is 0 Å². The van der Waals surface area contributed by atoms with Crippen LogP contribution in [0.25, 0.3) is 0 Å². The minimum Gasteiger partial charge on any atom is -0.311 e. The molecule has 2 nitrogen and oxygen atoms in total. The van der Waals surface area contributed by atoms with Crippen LogP contribution < -0.4 is 4.90 Å². The van der Waals surface area contributed by atoms with Crippen molar-refractivity contribution >= 4 is 29.0 Å². The average molecular weight is 377 g/mol. The first kappa shape index (κ1) is 18.7. The molecule has 0 amide bonds. The van der Waals surface area contributed by atoms with E-state index in [1.807, 2.05) is 24.4 Å². The topological polar surface area (TPSA) is 15.6 Å². The molecule has 4 aromatic carbocycles. The van der Waals surface area contributed by atoms with E-state index in [0.717, 1.165) is 34.7 Å². The molecule has 0 N–H and O–H groups in total. The van der Waals surface area contributed by atoms with Crippen molar-refractivity contribution in [2.45, 2.75) is 13.3 Å². The second-order valence-electron chi connectivity index (χ2n) is 6.88. The van der Waals surface area contributed by atoms with Gasteiger partial charge in [-0.05, 0) is 66.1 Å². The molecule has 0 radical (unpaired) electrons. The fourth-order valence-corrected chi connectivity index (χ4v) is 3.32. The van der Waals surface area contributed by atoms with Crippen LogP contribution in [0.5, 0.6) is 0 Å². The molecule has 2 heteroatoms. The summed E-state index contributed by atoms with van der Waals surface area (Å²) in [7, 11) is 0. The monoisotopic (exact) mass is 376 g/mol. The number of para-hydroxylation sites is 2. The van der Waals surface area contributed by atoms with E-state index in [4.69, 9.17) is 0 Å². The maximum absolute atomic E-state index is 4.64. The lowest BCUT2D eigenvalue weighted by atomic mass is 10.1. The second kappa shape index (κ2) is 9.03. The zero-order valence-electron chi connectivity index (χ0n) is 16.6. The number of rotatable bonds is 6. The third-order valence-electron chi connectivity index (χ3n) is 4.86. The molecule has 0 heterocycles. The van der Waals surface area contributed by atoms with E-state index >= 15 is 0 Å². The largest absolute Gasteiger partial charge is 0.311 e. The van der Waals surface area contributed by atoms with Gasteiger partial charge in [0.25, 0.3) is 0 Å². The van der Waals surface area contributed by atoms with Gasteiger partial charge in [0.15, 0.2) is 0 Å². The first-order valence-corrected chi connectivity index (χ1v) is 9.97. The van der Waals surface area contributed by atoms with Gasteiger partial charge in [-0.1, -0.05) is 67.6 Å². The van der Waals surface area contributed by atoms with Crippen LogP contribution in [0.15, 0.2) is 114 Å². The molecule has 29 heavy (non-hydrogen) atoms. The normalized spacial score (nSPS) is 10.9. The van der Waals surface area contributed by atoms with E-state index in [0.29, 0.717) is 0 Å². The Kier molecular flexibility index (Phi) is 5.82. The Balaban J connectivity index is 1.61. The molecule has 4 rings (SSSR count). The van der Waals surface area contributed by atoms with Crippen molar-refractivity contribution < 1.29 is 0 Å². The number of hydrogen-bond acceptors (Lipinski definition) is 2. The third-order valence-corrected chi connectivity index (χ3v) is 4.86. The summed E-state index contributed by atoms with van der Waals surface area (Å²) in [6, 6.07) is 37.7. The summed E-state index contributed by atoms with van der Waals surface area (Å²) in [5, 5.41) is 0. The Hall–Kier alpha value is -3.65. The number of aliphatic imine (C=N–C) groups is 1. The maximum atomic E-state index is 4.64. The predicted octanol–water partition coefficient (Wildman–Crippen LogP) is 7.47. The lowest BCUT2D eigenvalue weighted by Crippen LogP contribution is -2.09. The highest BCUT2D eigenvalue weighted by Gasteiger charge is 2.11. The van der Waals surface area contributed by atoms with Gasteiger partial charge in [0.2, 0.25) is 0 Å². The number of aryl methyl sites for hydroxylation is 1. The van der Waals surface area contributed by atoms with Gasteiger partial charge in [0.05, 0.1) is 5.69 Å². The molecule has 0 aliphatic heterocycles. The minimum absolute atomic E-state index is 0.989. The highest BCUT2D eigenvalue weighted by atomic mass is 15.1. The lowest BCUT2D eigenvalue weighted by molar-refractivity contribution is 1.14. The number of hydrogen-bond donors (Lipinski definition) is 0. The van der Waals surface area contributed by atoms with Crippen LogP contribution in [-0.4, -0.2) is 6.21 Å². The highest BCUT2D eigenvalue weighted by molar-refractivity contribution is 5.84. The van der Waals surface area contributed by atoms with E-state index in [9.17, 15) is 0 Å². The molecular weight excluding hydrogens is 352 g/mol. The second-order valence-corrected chi connectivity index (χ2v) is 6.88. The summed E-state index contributed by atoms with van der Waals surface area (Å²) in [6.45, 7) is 2.16. The highest BCUT2D eigenvalue weighted by Crippen LogP contribution is 2.33. The SMILES string of the molecule is CCc1cccc(N=Cc2ccc(N(c3ccccc3)c3ccccc3)cc2)c1. The molecule has 4 aromatic rings. The van der Waals surface area contributed by atoms with Crippen molar-refractivity contribution in [3.8, 4) is 0 Å².